The van der Waals surface area contributed by atoms with Crippen molar-refractivity contribution >= 4 is 22.9 Å². The van der Waals surface area contributed by atoms with Crippen LogP contribution in [-0.4, -0.2) is 63.5 Å². The fourth-order valence-corrected chi connectivity index (χ4v) is 1.72. The van der Waals surface area contributed by atoms with Gasteiger partial charge in [0, 0.05) is 20.1 Å². The van der Waals surface area contributed by atoms with Crippen LogP contribution in [0.3, 0.4) is 0 Å². The first-order valence-corrected chi connectivity index (χ1v) is 5.65. The van der Waals surface area contributed by atoms with Crippen LogP contribution < -0.4 is 10.2 Å². The Bertz CT molecular complexity index is 508. The second kappa shape index (κ2) is 5.61. The average molecular weight is 252 g/mol. The molecule has 8 nitrogen and oxygen atoms in total. The molecule has 0 bridgehead atoms. The van der Waals surface area contributed by atoms with Crippen molar-refractivity contribution < 1.29 is 10.2 Å². The van der Waals surface area contributed by atoms with Gasteiger partial charge in [-0.15, -0.1) is 0 Å². The molecule has 0 unspecified atom stereocenters. The summed E-state index contributed by atoms with van der Waals surface area (Å²) in [6, 6.07) is 0. The van der Waals surface area contributed by atoms with Crippen LogP contribution in [0, 0.1) is 0 Å². The Morgan fingerprint density at radius 3 is 2.61 bits per heavy atom. The van der Waals surface area contributed by atoms with Crippen LogP contribution in [0.2, 0.25) is 0 Å². The van der Waals surface area contributed by atoms with Gasteiger partial charge in [0.15, 0.2) is 11.5 Å². The van der Waals surface area contributed by atoms with Gasteiger partial charge in [-0.05, 0) is 0 Å². The predicted molar refractivity (Wildman–Crippen MR) is 67.6 cm³/mol. The number of aromatic nitrogens is 4. The van der Waals surface area contributed by atoms with Crippen LogP contribution in [0.15, 0.2) is 6.33 Å². The number of fused-ring (bicyclic) bond motifs is 1. The highest BCUT2D eigenvalue weighted by Gasteiger charge is 2.15. The predicted octanol–water partition coefficient (Wildman–Crippen LogP) is -0.814. The van der Waals surface area contributed by atoms with Crippen molar-refractivity contribution in [1.29, 1.82) is 0 Å². The van der Waals surface area contributed by atoms with Gasteiger partial charge < -0.3 is 25.4 Å². The average Bonchev–Trinajstić information content (AvgIpc) is 2.85. The minimum absolute atomic E-state index is 0.0193. The van der Waals surface area contributed by atoms with E-state index in [1.54, 1.807) is 18.3 Å². The summed E-state index contributed by atoms with van der Waals surface area (Å²) in [5, 5.41) is 21.0. The van der Waals surface area contributed by atoms with E-state index in [0.717, 1.165) is 0 Å². The lowest BCUT2D eigenvalue weighted by Crippen LogP contribution is -2.31. The van der Waals surface area contributed by atoms with E-state index >= 15 is 0 Å². The number of imidazole rings is 1. The third-order valence-electron chi connectivity index (χ3n) is 2.53. The van der Waals surface area contributed by atoms with Crippen molar-refractivity contribution in [2.24, 2.45) is 0 Å². The molecule has 0 radical (unpaired) electrons. The van der Waals surface area contributed by atoms with E-state index in [0.29, 0.717) is 36.0 Å². The van der Waals surface area contributed by atoms with Crippen molar-refractivity contribution in [3.63, 3.8) is 0 Å². The fourth-order valence-electron chi connectivity index (χ4n) is 1.72. The molecule has 4 N–H and O–H groups in total. The molecule has 98 valence electrons. The van der Waals surface area contributed by atoms with E-state index in [2.05, 4.69) is 25.3 Å². The van der Waals surface area contributed by atoms with Gasteiger partial charge in [-0.3, -0.25) is 0 Å². The van der Waals surface area contributed by atoms with Crippen LogP contribution >= 0.6 is 0 Å². The monoisotopic (exact) mass is 252 g/mol. The zero-order valence-electron chi connectivity index (χ0n) is 10.1. The number of anilines is 2. The topological polar surface area (TPSA) is 110 Å². The van der Waals surface area contributed by atoms with E-state index in [4.69, 9.17) is 10.2 Å². The summed E-state index contributed by atoms with van der Waals surface area (Å²) in [6.07, 6.45) is 1.54. The van der Waals surface area contributed by atoms with Crippen LogP contribution in [0.25, 0.3) is 11.2 Å². The smallest absolute Gasteiger partial charge is 0.226 e. The molecule has 0 aliphatic heterocycles. The number of nitrogens with one attached hydrogen (secondary N) is 2. The lowest BCUT2D eigenvalue weighted by molar-refractivity contribution is 0.281. The van der Waals surface area contributed by atoms with Crippen molar-refractivity contribution in [3.8, 4) is 0 Å². The molecule has 0 aromatic carbocycles. The Hall–Kier alpha value is -1.93. The standard InChI is InChI=1S/C10H16N6O2/c1-11-10-14-8-7(12-6-13-8)9(15-10)16(2-4-17)3-5-18/h6,17-18H,2-5H2,1H3,(H2,11,12,13,14,15). The maximum absolute atomic E-state index is 9.07. The Kier molecular flexibility index (Phi) is 3.90. The SMILES string of the molecule is CNc1nc(N(CCO)CCO)c2[nH]cnc2n1. The van der Waals surface area contributed by atoms with Crippen LogP contribution in [0.4, 0.5) is 11.8 Å². The molecule has 8 heteroatoms. The van der Waals surface area contributed by atoms with Crippen molar-refractivity contribution in [1.82, 2.24) is 19.9 Å². The maximum atomic E-state index is 9.07. The van der Waals surface area contributed by atoms with E-state index in [1.807, 2.05) is 0 Å². The summed E-state index contributed by atoms with van der Waals surface area (Å²) in [4.78, 5) is 17.4. The van der Waals surface area contributed by atoms with E-state index in [9.17, 15) is 0 Å². The van der Waals surface area contributed by atoms with Crippen molar-refractivity contribution in [2.45, 2.75) is 0 Å². The van der Waals surface area contributed by atoms with Gasteiger partial charge in [-0.1, -0.05) is 0 Å². The molecule has 2 rings (SSSR count). The van der Waals surface area contributed by atoms with Gasteiger partial charge in [0.2, 0.25) is 5.95 Å². The Morgan fingerprint density at radius 1 is 1.28 bits per heavy atom. The van der Waals surface area contributed by atoms with Crippen LogP contribution in [0.5, 0.6) is 0 Å². The summed E-state index contributed by atoms with van der Waals surface area (Å²) in [6.45, 7) is 0.729. The molecular formula is C10H16N6O2. The highest BCUT2D eigenvalue weighted by molar-refractivity contribution is 5.84. The first kappa shape index (κ1) is 12.5. The summed E-state index contributed by atoms with van der Waals surface area (Å²) >= 11 is 0. The molecule has 0 saturated heterocycles. The number of rotatable bonds is 6. The molecule has 0 amide bonds. The normalized spacial score (nSPS) is 10.8. The lowest BCUT2D eigenvalue weighted by atomic mass is 10.4. The zero-order chi connectivity index (χ0) is 13.0. The molecule has 0 fully saturated rings. The molecule has 2 heterocycles. The second-order valence-corrected chi connectivity index (χ2v) is 3.66. The molecule has 0 atom stereocenters. The van der Waals surface area contributed by atoms with E-state index in [1.165, 1.54) is 0 Å². The summed E-state index contributed by atoms with van der Waals surface area (Å²) in [5.74, 6) is 1.07. The Balaban J connectivity index is 2.48. The maximum Gasteiger partial charge on any atom is 0.226 e. The highest BCUT2D eigenvalue weighted by atomic mass is 16.3. The quantitative estimate of drug-likeness (QED) is 0.532. The summed E-state index contributed by atoms with van der Waals surface area (Å²) < 4.78 is 0. The summed E-state index contributed by atoms with van der Waals surface area (Å²) in [7, 11) is 1.72. The zero-order valence-corrected chi connectivity index (χ0v) is 10.1. The molecule has 0 aliphatic rings. The van der Waals surface area contributed by atoms with E-state index < -0.39 is 0 Å². The fraction of sp³-hybridized carbons (Fsp3) is 0.500. The van der Waals surface area contributed by atoms with E-state index in [-0.39, 0.29) is 13.2 Å². The Labute approximate surface area is 104 Å². The number of aliphatic hydroxyl groups excluding tert-OH is 2. The first-order chi connectivity index (χ1) is 8.80. The minimum atomic E-state index is -0.0193. The number of H-pyrrole nitrogens is 1. The molecule has 2 aromatic rings. The number of hydrogen-bond acceptors (Lipinski definition) is 7. The number of aromatic amines is 1. The minimum Gasteiger partial charge on any atom is -0.395 e. The largest absolute Gasteiger partial charge is 0.395 e. The van der Waals surface area contributed by atoms with Crippen LogP contribution in [0.1, 0.15) is 0 Å². The number of nitrogens with zero attached hydrogens (tertiary/aromatic N) is 4. The first-order valence-electron chi connectivity index (χ1n) is 5.65. The Morgan fingerprint density at radius 2 is 2.00 bits per heavy atom. The lowest BCUT2D eigenvalue weighted by Gasteiger charge is -2.22. The molecular weight excluding hydrogens is 236 g/mol. The highest BCUT2D eigenvalue weighted by Crippen LogP contribution is 2.22. The van der Waals surface area contributed by atoms with Gasteiger partial charge in [0.25, 0.3) is 0 Å². The van der Waals surface area contributed by atoms with Gasteiger partial charge in [-0.2, -0.15) is 9.97 Å². The van der Waals surface area contributed by atoms with Crippen molar-refractivity contribution in [3.05, 3.63) is 6.33 Å². The van der Waals surface area contributed by atoms with Gasteiger partial charge >= 0.3 is 0 Å². The number of hydrogen-bond donors (Lipinski definition) is 4. The second-order valence-electron chi connectivity index (χ2n) is 3.66. The molecule has 18 heavy (non-hydrogen) atoms. The van der Waals surface area contributed by atoms with Gasteiger partial charge in [0.05, 0.1) is 19.5 Å². The third kappa shape index (κ3) is 2.34. The van der Waals surface area contributed by atoms with Crippen LogP contribution in [-0.2, 0) is 0 Å². The van der Waals surface area contributed by atoms with Crippen molar-refractivity contribution in [2.75, 3.05) is 43.6 Å². The molecule has 0 aliphatic carbocycles. The summed E-state index contributed by atoms with van der Waals surface area (Å²) in [5.41, 5.74) is 1.24. The third-order valence-corrected chi connectivity index (χ3v) is 2.53. The molecule has 2 aromatic heterocycles. The molecule has 0 saturated carbocycles. The number of aliphatic hydroxyl groups is 2. The van der Waals surface area contributed by atoms with Gasteiger partial charge in [0.1, 0.15) is 5.52 Å². The molecule has 0 spiro atoms. The van der Waals surface area contributed by atoms with Gasteiger partial charge in [-0.25, -0.2) is 4.98 Å².